The molecule has 0 saturated carbocycles. The van der Waals surface area contributed by atoms with Crippen LogP contribution >= 0.6 is 0 Å². The van der Waals surface area contributed by atoms with Crippen LogP contribution in [0.5, 0.6) is 0 Å². The van der Waals surface area contributed by atoms with Crippen molar-refractivity contribution in [2.24, 2.45) is 0 Å². The predicted molar refractivity (Wildman–Crippen MR) is 80.5 cm³/mol. The summed E-state index contributed by atoms with van der Waals surface area (Å²) in [6.45, 7) is 1.79. The molecule has 0 amide bonds. The summed E-state index contributed by atoms with van der Waals surface area (Å²) >= 11 is 0. The molecule has 4 heteroatoms. The van der Waals surface area contributed by atoms with E-state index >= 15 is 0 Å². The molecule has 0 aliphatic rings. The molecular formula is C17H13FN2O. The third kappa shape index (κ3) is 2.60. The van der Waals surface area contributed by atoms with E-state index in [0.717, 1.165) is 11.0 Å². The first-order chi connectivity index (χ1) is 10.1. The molecule has 1 heterocycles. The Hall–Kier alpha value is -2.75. The summed E-state index contributed by atoms with van der Waals surface area (Å²) in [5.41, 5.74) is 2.19. The first-order valence-electron chi connectivity index (χ1n) is 6.57. The van der Waals surface area contributed by atoms with Gasteiger partial charge in [-0.05, 0) is 42.8 Å². The van der Waals surface area contributed by atoms with Gasteiger partial charge in [-0.2, -0.15) is 0 Å². The lowest BCUT2D eigenvalue weighted by molar-refractivity contribution is 0.0972. The van der Waals surface area contributed by atoms with Gasteiger partial charge in [0.05, 0.1) is 11.0 Å². The minimum absolute atomic E-state index is 0.203. The molecule has 3 aromatic rings. The number of allylic oxidation sites excluding steroid dienone is 1. The Morgan fingerprint density at radius 2 is 2.00 bits per heavy atom. The third-order valence-electron chi connectivity index (χ3n) is 3.22. The van der Waals surface area contributed by atoms with Crippen LogP contribution in [0.4, 0.5) is 4.39 Å². The zero-order valence-electron chi connectivity index (χ0n) is 11.5. The van der Waals surface area contributed by atoms with E-state index in [4.69, 9.17) is 0 Å². The number of carbonyl (C=O) groups is 1. The summed E-state index contributed by atoms with van der Waals surface area (Å²) in [7, 11) is 0. The van der Waals surface area contributed by atoms with Gasteiger partial charge in [-0.1, -0.05) is 24.3 Å². The van der Waals surface area contributed by atoms with Crippen molar-refractivity contribution >= 4 is 23.0 Å². The van der Waals surface area contributed by atoms with Crippen molar-refractivity contribution in [2.75, 3.05) is 0 Å². The maximum atomic E-state index is 13.1. The zero-order chi connectivity index (χ0) is 14.8. The molecular weight excluding hydrogens is 267 g/mol. The molecule has 0 atom stereocenters. The van der Waals surface area contributed by atoms with Gasteiger partial charge in [-0.15, -0.1) is 0 Å². The number of benzene rings is 2. The van der Waals surface area contributed by atoms with Crippen molar-refractivity contribution in [1.82, 2.24) is 9.55 Å². The predicted octanol–water partition coefficient (Wildman–Crippen LogP) is 3.84. The van der Waals surface area contributed by atoms with Crippen LogP contribution in [0.15, 0.2) is 54.6 Å². The fourth-order valence-corrected chi connectivity index (χ4v) is 2.28. The number of para-hydroxylation sites is 2. The van der Waals surface area contributed by atoms with Crippen LogP contribution < -0.4 is 0 Å². The molecule has 0 saturated heterocycles. The van der Waals surface area contributed by atoms with Gasteiger partial charge >= 0.3 is 0 Å². The third-order valence-corrected chi connectivity index (χ3v) is 3.22. The molecule has 2 aromatic carbocycles. The van der Waals surface area contributed by atoms with Gasteiger partial charge in [-0.25, -0.2) is 9.37 Å². The normalized spacial score (nSPS) is 11.3. The quantitative estimate of drug-likeness (QED) is 0.668. The lowest BCUT2D eigenvalue weighted by Gasteiger charge is -2.01. The molecule has 0 fully saturated rings. The Labute approximate surface area is 121 Å². The molecule has 0 unspecified atom stereocenters. The van der Waals surface area contributed by atoms with E-state index in [2.05, 4.69) is 4.98 Å². The average Bonchev–Trinajstić information content (AvgIpc) is 2.81. The molecule has 1 aromatic heterocycles. The number of imidazole rings is 1. The number of carbonyl (C=O) groups excluding carboxylic acids is 1. The first kappa shape index (κ1) is 13.2. The second-order valence-electron chi connectivity index (χ2n) is 4.71. The lowest BCUT2D eigenvalue weighted by Crippen LogP contribution is -2.08. The molecule has 104 valence electrons. The van der Waals surface area contributed by atoms with Gasteiger partial charge in [-0.3, -0.25) is 9.36 Å². The number of fused-ring (bicyclic) bond motifs is 1. The molecule has 21 heavy (non-hydrogen) atoms. The number of nitrogens with zero attached hydrogens (tertiary/aromatic N) is 2. The second kappa shape index (κ2) is 5.32. The number of halogens is 1. The number of rotatable bonds is 2. The van der Waals surface area contributed by atoms with Crippen molar-refractivity contribution < 1.29 is 9.18 Å². The van der Waals surface area contributed by atoms with Crippen molar-refractivity contribution in [3.05, 3.63) is 71.8 Å². The highest BCUT2D eigenvalue weighted by molar-refractivity contribution is 5.99. The monoisotopic (exact) mass is 280 g/mol. The van der Waals surface area contributed by atoms with Gasteiger partial charge in [0.1, 0.15) is 11.6 Å². The van der Waals surface area contributed by atoms with E-state index in [9.17, 15) is 9.18 Å². The first-order valence-corrected chi connectivity index (χ1v) is 6.57. The van der Waals surface area contributed by atoms with Gasteiger partial charge in [0, 0.05) is 6.08 Å². The maximum absolute atomic E-state index is 13.1. The molecule has 0 N–H and O–H groups in total. The number of hydrogen-bond acceptors (Lipinski definition) is 2. The summed E-state index contributed by atoms with van der Waals surface area (Å²) < 4.78 is 14.7. The SMILES string of the molecule is Cc1nc2ccccc2n1C(=O)/C=C/c1cccc(F)c1. The lowest BCUT2D eigenvalue weighted by atomic mass is 10.2. The molecule has 3 nitrogen and oxygen atoms in total. The van der Waals surface area contributed by atoms with Crippen molar-refractivity contribution in [3.63, 3.8) is 0 Å². The standard InChI is InChI=1S/C17H13FN2O/c1-12-19-15-7-2-3-8-16(15)20(12)17(21)10-9-13-5-4-6-14(18)11-13/h2-11H,1H3/b10-9+. The van der Waals surface area contributed by atoms with Gasteiger partial charge < -0.3 is 0 Å². The summed E-state index contributed by atoms with van der Waals surface area (Å²) in [6.07, 6.45) is 3.02. The van der Waals surface area contributed by atoms with E-state index in [1.54, 1.807) is 29.7 Å². The summed E-state index contributed by atoms with van der Waals surface area (Å²) in [4.78, 5) is 16.7. The topological polar surface area (TPSA) is 34.9 Å². The Bertz CT molecular complexity index is 849. The van der Waals surface area contributed by atoms with Crippen molar-refractivity contribution in [1.29, 1.82) is 0 Å². The Kier molecular flexibility index (Phi) is 3.36. The van der Waals surface area contributed by atoms with Crippen LogP contribution in [0, 0.1) is 12.7 Å². The minimum atomic E-state index is -0.325. The van der Waals surface area contributed by atoms with Crippen molar-refractivity contribution in [3.8, 4) is 0 Å². The zero-order valence-corrected chi connectivity index (χ0v) is 11.5. The minimum Gasteiger partial charge on any atom is -0.269 e. The summed E-state index contributed by atoms with van der Waals surface area (Å²) in [5.74, 6) is 0.101. The van der Waals surface area contributed by atoms with E-state index in [1.165, 1.54) is 18.2 Å². The fraction of sp³-hybridized carbons (Fsp3) is 0.0588. The van der Waals surface area contributed by atoms with Crippen LogP contribution in [-0.4, -0.2) is 15.5 Å². The van der Waals surface area contributed by atoms with E-state index in [-0.39, 0.29) is 11.7 Å². The summed E-state index contributed by atoms with van der Waals surface area (Å²) in [6, 6.07) is 13.6. The molecule has 0 spiro atoms. The summed E-state index contributed by atoms with van der Waals surface area (Å²) in [5, 5.41) is 0. The maximum Gasteiger partial charge on any atom is 0.256 e. The van der Waals surface area contributed by atoms with Gasteiger partial charge in [0.25, 0.3) is 5.91 Å². The molecule has 0 radical (unpaired) electrons. The van der Waals surface area contributed by atoms with Crippen LogP contribution in [-0.2, 0) is 0 Å². The number of aromatic nitrogens is 2. The van der Waals surface area contributed by atoms with E-state index < -0.39 is 0 Å². The number of hydrogen-bond donors (Lipinski definition) is 0. The second-order valence-corrected chi connectivity index (χ2v) is 4.71. The van der Waals surface area contributed by atoms with E-state index in [1.807, 2.05) is 24.3 Å². The van der Waals surface area contributed by atoms with Crippen molar-refractivity contribution in [2.45, 2.75) is 6.92 Å². The Morgan fingerprint density at radius 1 is 1.19 bits per heavy atom. The Morgan fingerprint density at radius 3 is 2.81 bits per heavy atom. The van der Waals surface area contributed by atoms with Crippen LogP contribution in [0.25, 0.3) is 17.1 Å². The van der Waals surface area contributed by atoms with Crippen LogP contribution in [0.2, 0.25) is 0 Å². The van der Waals surface area contributed by atoms with Gasteiger partial charge in [0.2, 0.25) is 0 Å². The van der Waals surface area contributed by atoms with Crippen LogP contribution in [0.1, 0.15) is 16.2 Å². The van der Waals surface area contributed by atoms with Gasteiger partial charge in [0.15, 0.2) is 0 Å². The highest BCUT2D eigenvalue weighted by Crippen LogP contribution is 2.16. The highest BCUT2D eigenvalue weighted by Gasteiger charge is 2.11. The molecule has 0 aliphatic heterocycles. The smallest absolute Gasteiger partial charge is 0.256 e. The highest BCUT2D eigenvalue weighted by atomic mass is 19.1. The Balaban J connectivity index is 1.96. The average molecular weight is 280 g/mol. The largest absolute Gasteiger partial charge is 0.269 e. The number of aryl methyl sites for hydroxylation is 1. The van der Waals surface area contributed by atoms with E-state index in [0.29, 0.717) is 11.4 Å². The molecule has 3 rings (SSSR count). The fourth-order valence-electron chi connectivity index (χ4n) is 2.28. The molecule has 0 aliphatic carbocycles. The molecule has 0 bridgehead atoms. The van der Waals surface area contributed by atoms with Crippen LogP contribution in [0.3, 0.4) is 0 Å².